The molecule has 2 atom stereocenters. The van der Waals surface area contributed by atoms with Crippen LogP contribution in [0.2, 0.25) is 18.1 Å². The van der Waals surface area contributed by atoms with Crippen LogP contribution in [0.3, 0.4) is 0 Å². The minimum absolute atomic E-state index is 0.355. The first-order valence-electron chi connectivity index (χ1n) is 9.78. The second-order valence-corrected chi connectivity index (χ2v) is 11.5. The smallest absolute Gasteiger partial charge is 0.324 e. The number of amides is 1. The zero-order chi connectivity index (χ0) is 20.6. The first kappa shape index (κ1) is 21.9. The van der Waals surface area contributed by atoms with Gasteiger partial charge >= 0.3 is 5.97 Å². The Kier molecular flexibility index (Phi) is 7.96. The summed E-state index contributed by atoms with van der Waals surface area (Å²) in [5.41, 5.74) is 1.11. The van der Waals surface area contributed by atoms with E-state index in [1.807, 2.05) is 32.9 Å². The summed E-state index contributed by atoms with van der Waals surface area (Å²) in [6.07, 6.45) is -1.48. The summed E-state index contributed by atoms with van der Waals surface area (Å²) in [7, 11) is -2.22. The SMILES string of the molecule is CC[Si](CC)(CC)OC(=O)[C@H](O)[C@@H](NC(=O)c1ccccc1)c1ccccc1. The summed E-state index contributed by atoms with van der Waals surface area (Å²) in [5.74, 6) is -1.02. The van der Waals surface area contributed by atoms with Crippen molar-refractivity contribution in [2.24, 2.45) is 0 Å². The van der Waals surface area contributed by atoms with Crippen LogP contribution in [0.25, 0.3) is 0 Å². The number of carbonyl (C=O) groups is 2. The van der Waals surface area contributed by atoms with E-state index in [1.165, 1.54) is 0 Å². The molecular weight excluding hydrogens is 370 g/mol. The summed E-state index contributed by atoms with van der Waals surface area (Å²) in [5, 5.41) is 13.6. The molecule has 0 aliphatic heterocycles. The van der Waals surface area contributed by atoms with Crippen molar-refractivity contribution in [1.82, 2.24) is 5.32 Å². The van der Waals surface area contributed by atoms with Gasteiger partial charge in [-0.3, -0.25) is 9.59 Å². The Hall–Kier alpha value is -2.44. The molecule has 0 unspecified atom stereocenters. The van der Waals surface area contributed by atoms with Crippen LogP contribution in [-0.2, 0) is 9.22 Å². The number of hydrogen-bond acceptors (Lipinski definition) is 4. The minimum atomic E-state index is -2.22. The first-order chi connectivity index (χ1) is 13.5. The van der Waals surface area contributed by atoms with Crippen molar-refractivity contribution in [2.75, 3.05) is 0 Å². The van der Waals surface area contributed by atoms with Gasteiger partial charge in [-0.2, -0.15) is 0 Å². The Morgan fingerprint density at radius 2 is 1.43 bits per heavy atom. The van der Waals surface area contributed by atoms with Gasteiger partial charge in [-0.15, -0.1) is 0 Å². The Labute approximate surface area is 167 Å². The van der Waals surface area contributed by atoms with Crippen molar-refractivity contribution in [3.63, 3.8) is 0 Å². The maximum atomic E-state index is 12.8. The lowest BCUT2D eigenvalue weighted by Gasteiger charge is -2.31. The van der Waals surface area contributed by atoms with Crippen LogP contribution in [0.4, 0.5) is 0 Å². The molecule has 0 aliphatic rings. The largest absolute Gasteiger partial charge is 0.517 e. The van der Waals surface area contributed by atoms with E-state index in [0.717, 1.165) is 18.1 Å². The van der Waals surface area contributed by atoms with Crippen LogP contribution in [0, 0.1) is 0 Å². The molecule has 0 saturated heterocycles. The van der Waals surface area contributed by atoms with E-state index in [0.29, 0.717) is 11.1 Å². The van der Waals surface area contributed by atoms with Crippen LogP contribution >= 0.6 is 0 Å². The van der Waals surface area contributed by atoms with Gasteiger partial charge in [0.1, 0.15) is 0 Å². The molecule has 2 rings (SSSR count). The highest BCUT2D eigenvalue weighted by Gasteiger charge is 2.38. The number of aliphatic hydroxyl groups is 1. The van der Waals surface area contributed by atoms with Crippen LogP contribution in [0.5, 0.6) is 0 Å². The Balaban J connectivity index is 2.26. The zero-order valence-corrected chi connectivity index (χ0v) is 17.7. The molecule has 0 bridgehead atoms. The quantitative estimate of drug-likeness (QED) is 0.623. The van der Waals surface area contributed by atoms with E-state index < -0.39 is 26.4 Å². The number of aliphatic hydroxyl groups excluding tert-OH is 1. The van der Waals surface area contributed by atoms with Gasteiger partial charge in [-0.25, -0.2) is 0 Å². The van der Waals surface area contributed by atoms with Crippen molar-refractivity contribution in [1.29, 1.82) is 0 Å². The predicted octanol–water partition coefficient (Wildman–Crippen LogP) is 4.07. The standard InChI is InChI=1S/C22H29NO4Si/c1-4-28(5-2,6-3)27-22(26)20(24)19(17-13-9-7-10-14-17)23-21(25)18-15-11-8-12-16-18/h7-16,19-20,24H,4-6H2,1-3H3,(H,23,25)/t19-,20+/m0/s1. The molecule has 28 heavy (non-hydrogen) atoms. The summed E-state index contributed by atoms with van der Waals surface area (Å²) in [6, 6.07) is 19.2. The van der Waals surface area contributed by atoms with E-state index in [2.05, 4.69) is 5.32 Å². The molecule has 2 aromatic carbocycles. The van der Waals surface area contributed by atoms with E-state index in [4.69, 9.17) is 4.43 Å². The van der Waals surface area contributed by atoms with Gasteiger partial charge in [0.2, 0.25) is 0 Å². The molecule has 0 spiro atoms. The van der Waals surface area contributed by atoms with Crippen molar-refractivity contribution in [3.05, 3.63) is 71.8 Å². The fraction of sp³-hybridized carbons (Fsp3) is 0.364. The second kappa shape index (κ2) is 10.2. The Bertz CT molecular complexity index is 754. The van der Waals surface area contributed by atoms with Crippen LogP contribution in [0.1, 0.15) is 42.7 Å². The van der Waals surface area contributed by atoms with Crippen LogP contribution < -0.4 is 5.32 Å². The molecular formula is C22H29NO4Si. The van der Waals surface area contributed by atoms with Gasteiger partial charge in [0.25, 0.3) is 14.2 Å². The monoisotopic (exact) mass is 399 g/mol. The topological polar surface area (TPSA) is 75.6 Å². The third-order valence-corrected chi connectivity index (χ3v) is 9.79. The molecule has 0 radical (unpaired) electrons. The Morgan fingerprint density at radius 1 is 0.929 bits per heavy atom. The number of rotatable bonds is 9. The molecule has 0 heterocycles. The fourth-order valence-corrected chi connectivity index (χ4v) is 5.68. The normalized spacial score (nSPS) is 13.4. The highest BCUT2D eigenvalue weighted by atomic mass is 28.4. The molecule has 2 N–H and O–H groups in total. The number of carbonyl (C=O) groups excluding carboxylic acids is 2. The molecule has 2 aromatic rings. The number of nitrogens with one attached hydrogen (secondary N) is 1. The third kappa shape index (κ3) is 5.30. The summed E-state index contributed by atoms with van der Waals surface area (Å²) < 4.78 is 5.84. The fourth-order valence-electron chi connectivity index (χ4n) is 3.20. The molecule has 6 heteroatoms. The summed E-state index contributed by atoms with van der Waals surface area (Å²) in [4.78, 5) is 25.4. The minimum Gasteiger partial charge on any atom is -0.517 e. The lowest BCUT2D eigenvalue weighted by Crippen LogP contribution is -2.46. The van der Waals surface area contributed by atoms with Gasteiger partial charge in [0, 0.05) is 5.56 Å². The van der Waals surface area contributed by atoms with Gasteiger partial charge in [0.15, 0.2) is 6.10 Å². The van der Waals surface area contributed by atoms with Crippen molar-refractivity contribution in [2.45, 2.75) is 51.0 Å². The third-order valence-electron chi connectivity index (χ3n) is 5.29. The maximum Gasteiger partial charge on any atom is 0.324 e. The zero-order valence-electron chi connectivity index (χ0n) is 16.7. The van der Waals surface area contributed by atoms with Crippen molar-refractivity contribution in [3.8, 4) is 0 Å². The molecule has 0 fully saturated rings. The molecule has 150 valence electrons. The van der Waals surface area contributed by atoms with E-state index in [9.17, 15) is 14.7 Å². The Morgan fingerprint density at radius 3 is 1.93 bits per heavy atom. The van der Waals surface area contributed by atoms with E-state index >= 15 is 0 Å². The summed E-state index contributed by atoms with van der Waals surface area (Å²) >= 11 is 0. The lowest BCUT2D eigenvalue weighted by atomic mass is 10.0. The maximum absolute atomic E-state index is 12.8. The van der Waals surface area contributed by atoms with Crippen molar-refractivity contribution < 1.29 is 19.1 Å². The number of benzene rings is 2. The van der Waals surface area contributed by atoms with Crippen molar-refractivity contribution >= 4 is 20.2 Å². The predicted molar refractivity (Wildman–Crippen MR) is 112 cm³/mol. The average Bonchev–Trinajstić information content (AvgIpc) is 2.76. The molecule has 0 aliphatic carbocycles. The average molecular weight is 400 g/mol. The van der Waals surface area contributed by atoms with Gasteiger partial charge in [-0.05, 0) is 35.8 Å². The lowest BCUT2D eigenvalue weighted by molar-refractivity contribution is -0.146. The summed E-state index contributed by atoms with van der Waals surface area (Å²) in [6.45, 7) is 6.06. The highest BCUT2D eigenvalue weighted by molar-refractivity contribution is 6.75. The first-order valence-corrected chi connectivity index (χ1v) is 12.3. The van der Waals surface area contributed by atoms with E-state index in [1.54, 1.807) is 48.5 Å². The molecule has 1 amide bonds. The second-order valence-electron chi connectivity index (χ2n) is 6.84. The van der Waals surface area contributed by atoms with Gasteiger partial charge in [0.05, 0.1) is 6.04 Å². The van der Waals surface area contributed by atoms with Crippen LogP contribution in [0.15, 0.2) is 60.7 Å². The van der Waals surface area contributed by atoms with Crippen LogP contribution in [-0.4, -0.2) is 31.4 Å². The van der Waals surface area contributed by atoms with Gasteiger partial charge < -0.3 is 14.8 Å². The molecule has 0 saturated carbocycles. The van der Waals surface area contributed by atoms with E-state index in [-0.39, 0.29) is 5.91 Å². The number of hydrogen-bond donors (Lipinski definition) is 2. The van der Waals surface area contributed by atoms with Gasteiger partial charge in [-0.1, -0.05) is 69.3 Å². The highest BCUT2D eigenvalue weighted by Crippen LogP contribution is 2.25. The molecule has 0 aromatic heterocycles. The molecule has 5 nitrogen and oxygen atoms in total.